The monoisotopic (exact) mass is 678 g/mol. The Hall–Kier alpha value is -4.51. The van der Waals surface area contributed by atoms with Crippen molar-refractivity contribution in [3.05, 3.63) is 71.8 Å². The molecular weight excluding hydrogens is 624 g/mol. The highest BCUT2D eigenvalue weighted by molar-refractivity contribution is 5.96. The number of carbonyl (C=O) groups is 5. The summed E-state index contributed by atoms with van der Waals surface area (Å²) in [6, 6.07) is 14.5. The summed E-state index contributed by atoms with van der Waals surface area (Å²) in [5.74, 6) is -4.04. The molecule has 49 heavy (non-hydrogen) atoms. The van der Waals surface area contributed by atoms with E-state index in [9.17, 15) is 29.1 Å². The molecule has 0 bridgehead atoms. The molecule has 0 unspecified atom stereocenters. The van der Waals surface area contributed by atoms with Gasteiger partial charge >= 0.3 is 11.9 Å². The molecule has 0 aliphatic carbocycles. The van der Waals surface area contributed by atoms with Crippen LogP contribution < -0.4 is 16.0 Å². The summed E-state index contributed by atoms with van der Waals surface area (Å²) in [5, 5.41) is 27.0. The molecule has 2 aromatic rings. The second-order valence-corrected chi connectivity index (χ2v) is 14.5. The van der Waals surface area contributed by atoms with Crippen LogP contribution in [0.3, 0.4) is 0 Å². The largest absolute Gasteiger partial charge is 0.481 e. The fourth-order valence-corrected chi connectivity index (χ4v) is 5.82. The number of carbonyl (C=O) groups excluding carboxylic acids is 3. The summed E-state index contributed by atoms with van der Waals surface area (Å²) in [4.78, 5) is 65.3. The Kier molecular flexibility index (Phi) is 14.3. The van der Waals surface area contributed by atoms with Gasteiger partial charge in [0, 0.05) is 24.5 Å². The fourth-order valence-electron chi connectivity index (χ4n) is 5.82. The fraction of sp³-hybridized carbons (Fsp3) is 0.500. The molecule has 0 saturated carbocycles. The van der Waals surface area contributed by atoms with Gasteiger partial charge in [-0.2, -0.15) is 0 Å². The number of carboxylic acid groups (broad SMARTS) is 2. The molecule has 11 nitrogen and oxygen atoms in total. The normalized spacial score (nSPS) is 14.7. The van der Waals surface area contributed by atoms with Crippen molar-refractivity contribution in [1.82, 2.24) is 20.9 Å². The minimum Gasteiger partial charge on any atom is -0.481 e. The lowest BCUT2D eigenvalue weighted by Crippen LogP contribution is -2.61. The van der Waals surface area contributed by atoms with Gasteiger partial charge < -0.3 is 31.1 Å². The Morgan fingerprint density at radius 2 is 1.45 bits per heavy atom. The van der Waals surface area contributed by atoms with Crippen molar-refractivity contribution in [2.75, 3.05) is 14.1 Å². The highest BCUT2D eigenvalue weighted by atomic mass is 16.4. The van der Waals surface area contributed by atoms with Crippen LogP contribution in [0.2, 0.25) is 0 Å². The van der Waals surface area contributed by atoms with Crippen molar-refractivity contribution in [1.29, 1.82) is 0 Å². The molecule has 11 heteroatoms. The maximum Gasteiger partial charge on any atom is 0.326 e. The molecule has 2 aromatic carbocycles. The summed E-state index contributed by atoms with van der Waals surface area (Å²) in [5.41, 5.74) is 1.85. The number of nitrogens with one attached hydrogen (secondary N) is 3. The van der Waals surface area contributed by atoms with Crippen molar-refractivity contribution in [3.63, 3.8) is 0 Å². The molecule has 0 radical (unpaired) electrons. The maximum absolute atomic E-state index is 14.2. The highest BCUT2D eigenvalue weighted by Gasteiger charge is 2.41. The first-order chi connectivity index (χ1) is 22.7. The Morgan fingerprint density at radius 1 is 0.857 bits per heavy atom. The molecule has 4 atom stereocenters. The van der Waals surface area contributed by atoms with Crippen LogP contribution in [-0.4, -0.2) is 83.0 Å². The summed E-state index contributed by atoms with van der Waals surface area (Å²) in [6.45, 7) is 14.9. The first-order valence-corrected chi connectivity index (χ1v) is 16.6. The third-order valence-electron chi connectivity index (χ3n) is 8.89. The zero-order chi connectivity index (χ0) is 37.3. The van der Waals surface area contributed by atoms with E-state index in [2.05, 4.69) is 22.0 Å². The minimum absolute atomic E-state index is 0.156. The van der Waals surface area contributed by atoms with Crippen molar-refractivity contribution in [2.24, 2.45) is 11.3 Å². The van der Waals surface area contributed by atoms with Crippen LogP contribution in [-0.2, 0) is 29.4 Å². The van der Waals surface area contributed by atoms with E-state index in [0.717, 1.165) is 16.7 Å². The van der Waals surface area contributed by atoms with Crippen LogP contribution in [0.5, 0.6) is 0 Å². The van der Waals surface area contributed by atoms with Gasteiger partial charge in [0.05, 0.1) is 12.1 Å². The van der Waals surface area contributed by atoms with Crippen LogP contribution >= 0.6 is 0 Å². The first kappa shape index (κ1) is 40.7. The summed E-state index contributed by atoms with van der Waals surface area (Å²) in [6.07, 6.45) is 0.901. The van der Waals surface area contributed by atoms with E-state index in [1.54, 1.807) is 20.2 Å². The standard InChI is InChI=1S/C38H54N4O7/c1-23(2)29(21-24(3)33(45)40-28(36(48)49)19-20-30(43)44)42(10)35(47)32(37(4,5)6)41-34(46)31(39-9)38(7,8)27-18-14-17-26(22-27)25-15-12-11-13-16-25/h11-18,21-23,28-29,31-32,39H,19-20H2,1-10H3,(H,40,45)(H,41,46)(H,43,44)(H,48,49)/b24-21+/t28-,29-,31-,32-/m1/s1. The smallest absolute Gasteiger partial charge is 0.326 e. The molecule has 3 amide bonds. The first-order valence-electron chi connectivity index (χ1n) is 16.6. The summed E-state index contributed by atoms with van der Waals surface area (Å²) in [7, 11) is 3.33. The Labute approximate surface area is 290 Å². The van der Waals surface area contributed by atoms with Crippen molar-refractivity contribution in [2.45, 2.75) is 97.8 Å². The topological polar surface area (TPSA) is 165 Å². The van der Waals surface area contributed by atoms with Crippen molar-refractivity contribution >= 4 is 29.7 Å². The SMILES string of the molecule is CN[C@H](C(=O)N[C@H](C(=O)N(C)[C@H](/C=C(\C)C(=O)N[C@H](CCC(=O)O)C(=O)O)C(C)C)C(C)(C)C)C(C)(C)c1cccc(-c2ccccc2)c1. The van der Waals surface area contributed by atoms with Crippen molar-refractivity contribution < 1.29 is 34.2 Å². The van der Waals surface area contributed by atoms with Gasteiger partial charge in [0.15, 0.2) is 0 Å². The number of aliphatic carboxylic acids is 2. The predicted octanol–water partition coefficient (Wildman–Crippen LogP) is 4.61. The second-order valence-electron chi connectivity index (χ2n) is 14.5. The summed E-state index contributed by atoms with van der Waals surface area (Å²) < 4.78 is 0. The number of amides is 3. The van der Waals surface area contributed by atoms with Crippen molar-refractivity contribution in [3.8, 4) is 11.1 Å². The number of rotatable bonds is 16. The van der Waals surface area contributed by atoms with Gasteiger partial charge in [-0.05, 0) is 48.4 Å². The quantitative estimate of drug-likeness (QED) is 0.161. The van der Waals surface area contributed by atoms with Gasteiger partial charge in [-0.15, -0.1) is 0 Å². The minimum atomic E-state index is -1.38. The highest BCUT2D eigenvalue weighted by Crippen LogP contribution is 2.32. The molecule has 268 valence electrons. The molecule has 0 heterocycles. The van der Waals surface area contributed by atoms with Gasteiger partial charge in [0.25, 0.3) is 0 Å². The number of benzene rings is 2. The average molecular weight is 679 g/mol. The molecule has 0 fully saturated rings. The number of likely N-dealkylation sites (N-methyl/N-ethyl adjacent to an activating group) is 2. The zero-order valence-corrected chi connectivity index (χ0v) is 30.5. The molecule has 5 N–H and O–H groups in total. The Balaban J connectivity index is 2.35. The summed E-state index contributed by atoms with van der Waals surface area (Å²) >= 11 is 0. The number of hydrogen-bond donors (Lipinski definition) is 5. The molecular formula is C38H54N4O7. The number of nitrogens with zero attached hydrogens (tertiary/aromatic N) is 1. The van der Waals surface area contributed by atoms with Gasteiger partial charge in [-0.25, -0.2) is 4.79 Å². The number of hydrogen-bond acceptors (Lipinski definition) is 6. The Morgan fingerprint density at radius 3 is 1.96 bits per heavy atom. The molecule has 0 spiro atoms. The van der Waals surface area contributed by atoms with Crippen LogP contribution in [0, 0.1) is 11.3 Å². The van der Waals surface area contributed by atoms with E-state index < -0.39 is 59.3 Å². The molecule has 0 aromatic heterocycles. The van der Waals surface area contributed by atoms with Crippen LogP contribution in [0.15, 0.2) is 66.2 Å². The van der Waals surface area contributed by atoms with E-state index in [0.29, 0.717) is 0 Å². The molecule has 2 rings (SSSR count). The average Bonchev–Trinajstić information content (AvgIpc) is 3.03. The number of carboxylic acids is 2. The van der Waals surface area contributed by atoms with E-state index in [4.69, 9.17) is 5.11 Å². The van der Waals surface area contributed by atoms with Crippen LogP contribution in [0.4, 0.5) is 0 Å². The van der Waals surface area contributed by atoms with E-state index in [1.807, 2.05) is 97.0 Å². The predicted molar refractivity (Wildman–Crippen MR) is 191 cm³/mol. The van der Waals surface area contributed by atoms with Gasteiger partial charge in [0.2, 0.25) is 17.7 Å². The lowest BCUT2D eigenvalue weighted by Gasteiger charge is -2.40. The third-order valence-corrected chi connectivity index (χ3v) is 8.89. The van der Waals surface area contributed by atoms with E-state index >= 15 is 0 Å². The van der Waals surface area contributed by atoms with Crippen LogP contribution in [0.1, 0.15) is 73.8 Å². The maximum atomic E-state index is 14.2. The molecule has 0 saturated heterocycles. The van der Waals surface area contributed by atoms with Gasteiger partial charge in [0.1, 0.15) is 12.1 Å². The molecule has 0 aliphatic rings. The third kappa shape index (κ3) is 11.0. The van der Waals surface area contributed by atoms with E-state index in [1.165, 1.54) is 11.8 Å². The Bertz CT molecular complexity index is 1510. The lowest BCUT2D eigenvalue weighted by molar-refractivity contribution is -0.142. The van der Waals surface area contributed by atoms with Gasteiger partial charge in [-0.1, -0.05) is 109 Å². The lowest BCUT2D eigenvalue weighted by atomic mass is 9.76. The van der Waals surface area contributed by atoms with E-state index in [-0.39, 0.29) is 29.7 Å². The second kappa shape index (κ2) is 17.2. The molecule has 0 aliphatic heterocycles. The zero-order valence-electron chi connectivity index (χ0n) is 30.5. The van der Waals surface area contributed by atoms with Crippen LogP contribution in [0.25, 0.3) is 11.1 Å². The van der Waals surface area contributed by atoms with Gasteiger partial charge in [-0.3, -0.25) is 19.2 Å².